The molecule has 9 aromatic carbocycles. The standard InChI is InChI=1S/C57H38BN3O/c1-34(2)37-29-53-56-55(30-37)62-54-27-24-36(35-14-4-3-5-15-35)28-46(54)58(56)47-33-39(60-50-22-12-8-18-42(50)43-19-9-13-23-51(43)60)32-45-44-31-38(25-26-52(44)61(53)57(45)47)59-48-20-10-6-16-40(48)41-17-7-11-21-49(41)59/h3-34H,1-2H3. The molecule has 62 heavy (non-hydrogen) atoms. The summed E-state index contributed by atoms with van der Waals surface area (Å²) in [5.41, 5.74) is 18.1. The fourth-order valence-electron chi connectivity index (χ4n) is 11.1. The van der Waals surface area contributed by atoms with Crippen LogP contribution in [-0.2, 0) is 0 Å². The van der Waals surface area contributed by atoms with Gasteiger partial charge in [-0.1, -0.05) is 129 Å². The first-order valence-corrected chi connectivity index (χ1v) is 21.7. The van der Waals surface area contributed by atoms with Gasteiger partial charge >= 0.3 is 0 Å². The van der Waals surface area contributed by atoms with Gasteiger partial charge in [-0.05, 0) is 112 Å². The zero-order valence-electron chi connectivity index (χ0n) is 34.3. The predicted molar refractivity (Wildman–Crippen MR) is 260 cm³/mol. The maximum atomic E-state index is 7.05. The van der Waals surface area contributed by atoms with Gasteiger partial charge in [0.1, 0.15) is 11.5 Å². The van der Waals surface area contributed by atoms with Crippen LogP contribution in [0.1, 0.15) is 25.3 Å². The molecule has 0 atom stereocenters. The van der Waals surface area contributed by atoms with Gasteiger partial charge in [0.05, 0.1) is 27.6 Å². The van der Waals surface area contributed by atoms with E-state index >= 15 is 0 Å². The summed E-state index contributed by atoms with van der Waals surface area (Å²) in [6.07, 6.45) is 0. The Balaban J connectivity index is 1.14. The van der Waals surface area contributed by atoms with Crippen molar-refractivity contribution in [2.75, 3.05) is 0 Å². The molecule has 0 unspecified atom stereocenters. The highest BCUT2D eigenvalue weighted by Gasteiger charge is 2.41. The Labute approximate surface area is 358 Å². The average molecular weight is 792 g/mol. The molecule has 0 bridgehead atoms. The largest absolute Gasteiger partial charge is 0.458 e. The van der Waals surface area contributed by atoms with E-state index in [4.69, 9.17) is 4.74 Å². The van der Waals surface area contributed by atoms with Crippen molar-refractivity contribution in [2.24, 2.45) is 0 Å². The molecule has 290 valence electrons. The predicted octanol–water partition coefficient (Wildman–Crippen LogP) is 12.7. The zero-order chi connectivity index (χ0) is 40.8. The van der Waals surface area contributed by atoms with E-state index in [0.717, 1.165) is 22.9 Å². The molecule has 3 aromatic heterocycles. The summed E-state index contributed by atoms with van der Waals surface area (Å²) in [4.78, 5) is 0. The SMILES string of the molecule is CC(C)c1cc2c3c(c1)-n1c4ccc(-n5c6ccccc6c6ccccc65)cc4c4cc(-n5c6ccccc6c6ccccc65)cc(c41)B3c1cc(-c3ccccc3)ccc1O2. The summed E-state index contributed by atoms with van der Waals surface area (Å²) in [6, 6.07) is 69.6. The first-order valence-electron chi connectivity index (χ1n) is 21.7. The fourth-order valence-corrected chi connectivity index (χ4v) is 11.1. The van der Waals surface area contributed by atoms with Crippen molar-refractivity contribution in [2.45, 2.75) is 19.8 Å². The Kier molecular flexibility index (Phi) is 6.80. The van der Waals surface area contributed by atoms with Gasteiger partial charge in [-0.3, -0.25) is 0 Å². The summed E-state index contributed by atoms with van der Waals surface area (Å²) in [5, 5.41) is 7.50. The summed E-state index contributed by atoms with van der Waals surface area (Å²) in [5.74, 6) is 2.18. The maximum absolute atomic E-state index is 7.05. The normalized spacial score (nSPS) is 12.9. The second-order valence-electron chi connectivity index (χ2n) is 17.5. The summed E-state index contributed by atoms with van der Waals surface area (Å²) in [6.45, 7) is 4.51. The van der Waals surface area contributed by atoms with Crippen LogP contribution in [0.25, 0.3) is 93.6 Å². The van der Waals surface area contributed by atoms with Gasteiger partial charge in [-0.25, -0.2) is 0 Å². The van der Waals surface area contributed by atoms with Gasteiger partial charge in [0.25, 0.3) is 6.71 Å². The lowest BCUT2D eigenvalue weighted by Gasteiger charge is -2.34. The Morgan fingerprint density at radius 3 is 1.60 bits per heavy atom. The number of para-hydroxylation sites is 4. The monoisotopic (exact) mass is 791 g/mol. The van der Waals surface area contributed by atoms with E-state index in [1.807, 2.05) is 0 Å². The Morgan fingerprint density at radius 1 is 0.403 bits per heavy atom. The lowest BCUT2D eigenvalue weighted by Crippen LogP contribution is -2.58. The number of nitrogens with zero attached hydrogens (tertiary/aromatic N) is 3. The molecular weight excluding hydrogens is 753 g/mol. The van der Waals surface area contributed by atoms with Gasteiger partial charge in [0.15, 0.2) is 0 Å². The van der Waals surface area contributed by atoms with E-state index in [1.54, 1.807) is 0 Å². The molecule has 0 radical (unpaired) electrons. The molecule has 0 spiro atoms. The first-order chi connectivity index (χ1) is 30.6. The van der Waals surface area contributed by atoms with Gasteiger partial charge in [-0.15, -0.1) is 0 Å². The van der Waals surface area contributed by atoms with Crippen LogP contribution >= 0.6 is 0 Å². The van der Waals surface area contributed by atoms with E-state index in [9.17, 15) is 0 Å². The van der Waals surface area contributed by atoms with Crippen LogP contribution < -0.4 is 21.1 Å². The fraction of sp³-hybridized carbons (Fsp3) is 0.0526. The van der Waals surface area contributed by atoms with Gasteiger partial charge < -0.3 is 18.4 Å². The van der Waals surface area contributed by atoms with Gasteiger partial charge in [0.2, 0.25) is 0 Å². The Hall–Kier alpha value is -7.76. The summed E-state index contributed by atoms with van der Waals surface area (Å²) >= 11 is 0. The Bertz CT molecular complexity index is 3780. The van der Waals surface area contributed by atoms with Crippen LogP contribution in [0.2, 0.25) is 0 Å². The molecule has 14 rings (SSSR count). The molecule has 5 heteroatoms. The van der Waals surface area contributed by atoms with Crippen LogP contribution in [0.4, 0.5) is 0 Å². The highest BCUT2D eigenvalue weighted by molar-refractivity contribution is 6.99. The van der Waals surface area contributed by atoms with Crippen molar-refractivity contribution in [1.82, 2.24) is 13.7 Å². The van der Waals surface area contributed by atoms with Crippen molar-refractivity contribution in [1.29, 1.82) is 0 Å². The first kappa shape index (κ1) is 34.0. The van der Waals surface area contributed by atoms with Crippen molar-refractivity contribution in [3.8, 4) is 39.7 Å². The van der Waals surface area contributed by atoms with Crippen molar-refractivity contribution in [3.63, 3.8) is 0 Å². The molecule has 2 aliphatic heterocycles. The Morgan fingerprint density at radius 2 is 0.968 bits per heavy atom. The molecule has 4 nitrogen and oxygen atoms in total. The quantitative estimate of drug-likeness (QED) is 0.163. The smallest absolute Gasteiger partial charge is 0.256 e. The third-order valence-corrected chi connectivity index (χ3v) is 13.8. The minimum Gasteiger partial charge on any atom is -0.458 e. The van der Waals surface area contributed by atoms with E-state index in [0.29, 0.717) is 5.92 Å². The minimum absolute atomic E-state index is 0.0576. The lowest BCUT2D eigenvalue weighted by atomic mass is 9.34. The second-order valence-corrected chi connectivity index (χ2v) is 17.5. The van der Waals surface area contributed by atoms with E-state index < -0.39 is 0 Å². The number of hydrogen-bond donors (Lipinski definition) is 0. The van der Waals surface area contributed by atoms with Crippen LogP contribution in [0.5, 0.6) is 11.5 Å². The number of rotatable bonds is 4. The molecule has 2 aliphatic rings. The topological polar surface area (TPSA) is 24.0 Å². The third kappa shape index (κ3) is 4.52. The molecule has 0 fully saturated rings. The van der Waals surface area contributed by atoms with Crippen LogP contribution in [0, 0.1) is 0 Å². The van der Waals surface area contributed by atoms with Crippen LogP contribution in [0.15, 0.2) is 188 Å². The van der Waals surface area contributed by atoms with Crippen molar-refractivity contribution in [3.05, 3.63) is 194 Å². The highest BCUT2D eigenvalue weighted by atomic mass is 16.5. The number of fused-ring (bicyclic) bond motifs is 13. The molecule has 5 heterocycles. The molecule has 0 amide bonds. The number of aromatic nitrogens is 3. The molecule has 0 N–H and O–H groups in total. The summed E-state index contributed by atoms with van der Waals surface area (Å²) in [7, 11) is 0. The summed E-state index contributed by atoms with van der Waals surface area (Å²) < 4.78 is 14.5. The molecule has 0 saturated heterocycles. The highest BCUT2D eigenvalue weighted by Crippen LogP contribution is 2.43. The molecule has 0 aliphatic carbocycles. The van der Waals surface area contributed by atoms with E-state index in [-0.39, 0.29) is 6.71 Å². The zero-order valence-corrected chi connectivity index (χ0v) is 34.3. The average Bonchev–Trinajstić information content (AvgIpc) is 3.96. The third-order valence-electron chi connectivity index (χ3n) is 13.8. The minimum atomic E-state index is -0.0576. The van der Waals surface area contributed by atoms with E-state index in [2.05, 4.69) is 216 Å². The molecule has 0 saturated carbocycles. The second kappa shape index (κ2) is 12.4. The maximum Gasteiger partial charge on any atom is 0.256 e. The van der Waals surface area contributed by atoms with Crippen LogP contribution in [-0.4, -0.2) is 20.4 Å². The van der Waals surface area contributed by atoms with Crippen LogP contribution in [0.3, 0.4) is 0 Å². The van der Waals surface area contributed by atoms with Gasteiger partial charge in [0, 0.05) is 54.9 Å². The van der Waals surface area contributed by atoms with Crippen molar-refractivity contribution < 1.29 is 4.74 Å². The number of benzene rings is 9. The number of hydrogen-bond acceptors (Lipinski definition) is 1. The molecule has 12 aromatic rings. The number of ether oxygens (including phenoxy) is 1. The van der Waals surface area contributed by atoms with Crippen molar-refractivity contribution >= 4 is 88.5 Å². The molecular formula is C57H38BN3O. The van der Waals surface area contributed by atoms with E-state index in [1.165, 1.54) is 104 Å². The lowest BCUT2D eigenvalue weighted by molar-refractivity contribution is 0.486. The van der Waals surface area contributed by atoms with Gasteiger partial charge in [-0.2, -0.15) is 0 Å².